The highest BCUT2D eigenvalue weighted by molar-refractivity contribution is 7.20. The Labute approximate surface area is 202 Å². The van der Waals surface area contributed by atoms with Crippen LogP contribution in [0.5, 0.6) is 5.75 Å². The Kier molecular flexibility index (Phi) is 10.4. The number of carboxylic acid groups (broad SMARTS) is 1. The molecule has 0 atom stereocenters. The van der Waals surface area contributed by atoms with Crippen LogP contribution in [0.15, 0.2) is 24.3 Å². The van der Waals surface area contributed by atoms with Gasteiger partial charge in [-0.3, -0.25) is 0 Å². The molecule has 0 aliphatic carbocycles. The summed E-state index contributed by atoms with van der Waals surface area (Å²) in [4.78, 5) is 16.5. The highest BCUT2D eigenvalue weighted by Crippen LogP contribution is 2.33. The lowest BCUT2D eigenvalue weighted by atomic mass is 10.1. The number of benzene rings is 1. The fourth-order valence-electron chi connectivity index (χ4n) is 4.34. The second-order valence-electron chi connectivity index (χ2n) is 9.72. The molecule has 1 aromatic carbocycles. The first-order valence-corrected chi connectivity index (χ1v) is 13.3. The number of hydrogen-bond acceptors (Lipinski definition) is 6. The van der Waals surface area contributed by atoms with Crippen molar-refractivity contribution >= 4 is 27.4 Å². The second kappa shape index (κ2) is 13.3. The van der Waals surface area contributed by atoms with Crippen LogP contribution in [-0.2, 0) is 0 Å². The number of carboxylic acids is 1. The van der Waals surface area contributed by atoms with Crippen molar-refractivity contribution in [1.29, 1.82) is 0 Å². The van der Waals surface area contributed by atoms with Crippen molar-refractivity contribution in [3.05, 3.63) is 29.1 Å². The van der Waals surface area contributed by atoms with Gasteiger partial charge in [0.1, 0.15) is 10.6 Å². The minimum atomic E-state index is -0.888. The second-order valence-corrected chi connectivity index (χ2v) is 10.8. The highest BCUT2D eigenvalue weighted by Gasteiger charge is 2.17. The molecule has 184 valence electrons. The SMILES string of the molecule is CC(C)COc1cccc2sc(C(=O)O)cc12.NC1CCN(CCN2CCCCCC2)CC1. The zero-order valence-electron chi connectivity index (χ0n) is 20.3. The van der Waals surface area contributed by atoms with E-state index in [9.17, 15) is 4.79 Å². The lowest BCUT2D eigenvalue weighted by Gasteiger charge is -2.32. The van der Waals surface area contributed by atoms with Gasteiger partial charge in [-0.15, -0.1) is 11.3 Å². The minimum absolute atomic E-state index is 0.348. The molecule has 3 N–H and O–H groups in total. The number of carbonyl (C=O) groups is 1. The molecule has 2 fully saturated rings. The predicted octanol–water partition coefficient (Wildman–Crippen LogP) is 4.92. The highest BCUT2D eigenvalue weighted by atomic mass is 32.1. The standard InChI is InChI=1S/C13H27N3.C13H14O3S/c14-13-5-9-16(10-6-13)12-11-15-7-3-1-2-4-8-15;1-8(2)7-16-10-4-3-5-11-9(10)6-12(17-11)13(14)15/h13H,1-12,14H2;3-6,8H,7H2,1-2H3,(H,14,15). The topological polar surface area (TPSA) is 79.0 Å². The molecule has 2 aromatic rings. The summed E-state index contributed by atoms with van der Waals surface area (Å²) in [6.45, 7) is 12.4. The lowest BCUT2D eigenvalue weighted by Crippen LogP contribution is -2.43. The number of piperidine rings is 1. The van der Waals surface area contributed by atoms with E-state index in [1.54, 1.807) is 6.07 Å². The van der Waals surface area contributed by atoms with Gasteiger partial charge in [-0.2, -0.15) is 0 Å². The summed E-state index contributed by atoms with van der Waals surface area (Å²) >= 11 is 1.27. The first-order chi connectivity index (χ1) is 15.9. The summed E-state index contributed by atoms with van der Waals surface area (Å²) in [6.07, 6.45) is 8.08. The Morgan fingerprint density at radius 3 is 2.33 bits per heavy atom. The van der Waals surface area contributed by atoms with E-state index in [4.69, 9.17) is 15.6 Å². The Balaban J connectivity index is 0.000000186. The molecule has 6 nitrogen and oxygen atoms in total. The van der Waals surface area contributed by atoms with Gasteiger partial charge in [-0.05, 0) is 76.0 Å². The van der Waals surface area contributed by atoms with Crippen LogP contribution in [0.2, 0.25) is 0 Å². The average molecular weight is 476 g/mol. The molecule has 0 amide bonds. The summed E-state index contributed by atoms with van der Waals surface area (Å²) in [5, 5.41) is 9.85. The van der Waals surface area contributed by atoms with E-state index >= 15 is 0 Å². The summed E-state index contributed by atoms with van der Waals surface area (Å²) in [7, 11) is 0. The molecule has 7 heteroatoms. The third-order valence-electron chi connectivity index (χ3n) is 6.37. The van der Waals surface area contributed by atoms with Gasteiger partial charge < -0.3 is 25.4 Å². The van der Waals surface area contributed by atoms with E-state index in [2.05, 4.69) is 23.6 Å². The van der Waals surface area contributed by atoms with Gasteiger partial charge in [0.2, 0.25) is 0 Å². The Morgan fingerprint density at radius 2 is 1.73 bits per heavy atom. The van der Waals surface area contributed by atoms with Gasteiger partial charge in [0.05, 0.1) is 6.61 Å². The molecule has 3 heterocycles. The Hall–Kier alpha value is -1.67. The fraction of sp³-hybridized carbons (Fsp3) is 0.654. The van der Waals surface area contributed by atoms with E-state index in [0.717, 1.165) is 15.8 Å². The normalized spacial score (nSPS) is 18.7. The molecule has 4 rings (SSSR count). The number of nitrogens with zero attached hydrogens (tertiary/aromatic N) is 2. The van der Waals surface area contributed by atoms with Gasteiger partial charge >= 0.3 is 5.97 Å². The maximum atomic E-state index is 10.9. The third-order valence-corrected chi connectivity index (χ3v) is 7.46. The van der Waals surface area contributed by atoms with Crippen molar-refractivity contribution in [3.8, 4) is 5.75 Å². The molecular weight excluding hydrogens is 434 g/mol. The van der Waals surface area contributed by atoms with E-state index in [1.165, 1.54) is 89.1 Å². The van der Waals surface area contributed by atoms with Crippen molar-refractivity contribution in [2.75, 3.05) is 45.9 Å². The summed E-state index contributed by atoms with van der Waals surface area (Å²) in [5.41, 5.74) is 5.92. The maximum Gasteiger partial charge on any atom is 0.345 e. The van der Waals surface area contributed by atoms with Gasteiger partial charge in [-0.25, -0.2) is 4.79 Å². The van der Waals surface area contributed by atoms with E-state index in [1.807, 2.05) is 18.2 Å². The predicted molar refractivity (Wildman–Crippen MR) is 138 cm³/mol. The van der Waals surface area contributed by atoms with E-state index < -0.39 is 5.97 Å². The molecule has 1 aromatic heterocycles. The maximum absolute atomic E-state index is 10.9. The number of rotatable bonds is 7. The molecule has 0 saturated carbocycles. The molecule has 0 bridgehead atoms. The first kappa shape index (κ1) is 25.9. The van der Waals surface area contributed by atoms with Crippen LogP contribution in [0.25, 0.3) is 10.1 Å². The summed E-state index contributed by atoms with van der Waals surface area (Å²) < 4.78 is 6.64. The lowest BCUT2D eigenvalue weighted by molar-refractivity contribution is 0.0702. The van der Waals surface area contributed by atoms with Gasteiger partial charge in [0, 0.05) is 29.2 Å². The molecule has 2 aliphatic rings. The number of nitrogens with two attached hydrogens (primary N) is 1. The van der Waals surface area contributed by atoms with Gasteiger partial charge in [-0.1, -0.05) is 32.8 Å². The van der Waals surface area contributed by atoms with Crippen molar-refractivity contribution in [2.45, 2.75) is 58.4 Å². The number of aromatic carboxylic acids is 1. The van der Waals surface area contributed by atoms with Crippen LogP contribution in [0.4, 0.5) is 0 Å². The van der Waals surface area contributed by atoms with Crippen molar-refractivity contribution in [2.24, 2.45) is 11.7 Å². The zero-order valence-corrected chi connectivity index (χ0v) is 21.1. The molecule has 0 unspecified atom stereocenters. The van der Waals surface area contributed by atoms with E-state index in [0.29, 0.717) is 23.4 Å². The summed E-state index contributed by atoms with van der Waals surface area (Å²) in [6, 6.07) is 7.82. The Bertz CT molecular complexity index is 854. The van der Waals surface area contributed by atoms with Crippen molar-refractivity contribution < 1.29 is 14.6 Å². The zero-order chi connectivity index (χ0) is 23.6. The van der Waals surface area contributed by atoms with Crippen LogP contribution >= 0.6 is 11.3 Å². The number of hydrogen-bond donors (Lipinski definition) is 2. The Morgan fingerprint density at radius 1 is 1.09 bits per heavy atom. The number of thiophene rings is 1. The minimum Gasteiger partial charge on any atom is -0.493 e. The number of likely N-dealkylation sites (tertiary alicyclic amines) is 2. The van der Waals surface area contributed by atoms with Crippen molar-refractivity contribution in [3.63, 3.8) is 0 Å². The smallest absolute Gasteiger partial charge is 0.345 e. The molecule has 2 aliphatic heterocycles. The van der Waals surface area contributed by atoms with Gasteiger partial charge in [0.25, 0.3) is 0 Å². The van der Waals surface area contributed by atoms with Gasteiger partial charge in [0.15, 0.2) is 0 Å². The number of ether oxygens (including phenoxy) is 1. The van der Waals surface area contributed by atoms with E-state index in [-0.39, 0.29) is 0 Å². The third kappa shape index (κ3) is 8.56. The quantitative estimate of drug-likeness (QED) is 0.592. The largest absolute Gasteiger partial charge is 0.493 e. The van der Waals surface area contributed by atoms with Crippen molar-refractivity contribution in [1.82, 2.24) is 9.80 Å². The average Bonchev–Trinajstić information content (AvgIpc) is 3.08. The summed E-state index contributed by atoms with van der Waals surface area (Å²) in [5.74, 6) is 0.323. The monoisotopic (exact) mass is 475 g/mol. The molecule has 0 spiro atoms. The van der Waals surface area contributed by atoms with Crippen LogP contribution < -0.4 is 10.5 Å². The molecule has 0 radical (unpaired) electrons. The molecule has 33 heavy (non-hydrogen) atoms. The van der Waals surface area contributed by atoms with Crippen LogP contribution in [0, 0.1) is 5.92 Å². The van der Waals surface area contributed by atoms with Crippen LogP contribution in [0.1, 0.15) is 62.0 Å². The molecular formula is C26H41N3O3S. The van der Waals surface area contributed by atoms with Crippen LogP contribution in [0.3, 0.4) is 0 Å². The number of fused-ring (bicyclic) bond motifs is 1. The van der Waals surface area contributed by atoms with Crippen LogP contribution in [-0.4, -0.2) is 72.8 Å². The molecule has 2 saturated heterocycles. The fourth-order valence-corrected chi connectivity index (χ4v) is 5.26. The first-order valence-electron chi connectivity index (χ1n) is 12.5.